The van der Waals surface area contributed by atoms with Gasteiger partial charge in [-0.3, -0.25) is 10.1 Å². The van der Waals surface area contributed by atoms with Crippen LogP contribution in [0.1, 0.15) is 13.8 Å². The largest absolute Gasteiger partial charge is 0.293 e. The highest BCUT2D eigenvalue weighted by molar-refractivity contribution is 7.15. The Balaban J connectivity index is 1.98. The van der Waals surface area contributed by atoms with Crippen molar-refractivity contribution in [3.8, 4) is 11.3 Å². The minimum Gasteiger partial charge on any atom is -0.293 e. The van der Waals surface area contributed by atoms with Gasteiger partial charge in [-0.1, -0.05) is 23.2 Å². The van der Waals surface area contributed by atoms with Gasteiger partial charge >= 0.3 is 0 Å². The fourth-order valence-electron chi connectivity index (χ4n) is 1.95. The molecule has 1 amide bonds. The maximum atomic E-state index is 12.2. The van der Waals surface area contributed by atoms with Crippen molar-refractivity contribution < 1.29 is 4.79 Å². The van der Waals surface area contributed by atoms with Gasteiger partial charge in [-0.25, -0.2) is 4.52 Å². The van der Waals surface area contributed by atoms with Crippen molar-refractivity contribution in [1.29, 1.82) is 0 Å². The first-order chi connectivity index (χ1) is 11.3. The van der Waals surface area contributed by atoms with E-state index in [0.717, 1.165) is 11.3 Å². The highest BCUT2D eigenvalue weighted by Gasteiger charge is 2.27. The zero-order chi connectivity index (χ0) is 17.5. The number of thiazole rings is 1. The van der Waals surface area contributed by atoms with Gasteiger partial charge in [0.2, 0.25) is 16.8 Å². The second kappa shape index (κ2) is 6.52. The van der Waals surface area contributed by atoms with E-state index >= 15 is 0 Å². The summed E-state index contributed by atoms with van der Waals surface area (Å²) in [5.74, 6) is 0.187. The second-order valence-electron chi connectivity index (χ2n) is 5.85. The van der Waals surface area contributed by atoms with Crippen molar-refractivity contribution >= 4 is 63.0 Å². The summed E-state index contributed by atoms with van der Waals surface area (Å²) in [5.41, 5.74) is 0.797. The molecule has 0 aliphatic rings. The molecule has 126 valence electrons. The Kier molecular flexibility index (Phi) is 4.75. The summed E-state index contributed by atoms with van der Waals surface area (Å²) >= 11 is 19.5. The normalized spacial score (nSPS) is 11.9. The number of benzene rings is 1. The summed E-state index contributed by atoms with van der Waals surface area (Å²) in [6, 6.07) is 5.21. The number of aromatic nitrogens is 3. The lowest BCUT2D eigenvalue weighted by Gasteiger charge is -2.18. The average molecular weight is 404 g/mol. The number of carbonyl (C=O) groups excluding carboxylic acids is 1. The topological polar surface area (TPSA) is 59.3 Å². The van der Waals surface area contributed by atoms with Crippen molar-refractivity contribution in [2.75, 3.05) is 11.2 Å². The number of halogens is 3. The summed E-state index contributed by atoms with van der Waals surface area (Å²) in [6.45, 7) is 3.51. The lowest BCUT2D eigenvalue weighted by atomic mass is 9.95. The molecular formula is C15H13Cl3N4OS. The van der Waals surface area contributed by atoms with E-state index in [1.807, 2.05) is 5.38 Å². The Morgan fingerprint density at radius 3 is 2.83 bits per heavy atom. The van der Waals surface area contributed by atoms with E-state index in [0.29, 0.717) is 15.0 Å². The molecule has 0 saturated heterocycles. The molecule has 0 unspecified atom stereocenters. The fourth-order valence-corrected chi connectivity index (χ4v) is 3.28. The number of rotatable bonds is 4. The predicted molar refractivity (Wildman–Crippen MR) is 99.5 cm³/mol. The summed E-state index contributed by atoms with van der Waals surface area (Å²) in [6.07, 6.45) is 0. The van der Waals surface area contributed by atoms with Crippen molar-refractivity contribution in [2.45, 2.75) is 13.8 Å². The summed E-state index contributed by atoms with van der Waals surface area (Å²) in [5, 5.41) is 10.1. The third kappa shape index (κ3) is 3.24. The van der Waals surface area contributed by atoms with Crippen LogP contribution in [-0.2, 0) is 4.79 Å². The highest BCUT2D eigenvalue weighted by Crippen LogP contribution is 2.33. The van der Waals surface area contributed by atoms with Gasteiger partial charge in [0.05, 0.1) is 16.1 Å². The first kappa shape index (κ1) is 17.5. The molecule has 5 nitrogen and oxygen atoms in total. The molecule has 0 bridgehead atoms. The Bertz CT molecular complexity index is 919. The molecule has 24 heavy (non-hydrogen) atoms. The van der Waals surface area contributed by atoms with Crippen molar-refractivity contribution in [2.24, 2.45) is 5.41 Å². The van der Waals surface area contributed by atoms with Gasteiger partial charge in [-0.2, -0.15) is 4.98 Å². The Labute approximate surface area is 157 Å². The molecule has 2 heterocycles. The van der Waals surface area contributed by atoms with Gasteiger partial charge < -0.3 is 0 Å². The number of hydrogen-bond acceptors (Lipinski definition) is 4. The number of carbonyl (C=O) groups is 1. The van der Waals surface area contributed by atoms with E-state index in [1.165, 1.54) is 11.3 Å². The molecule has 0 saturated carbocycles. The van der Waals surface area contributed by atoms with E-state index in [1.54, 1.807) is 36.6 Å². The van der Waals surface area contributed by atoms with Crippen LogP contribution in [0.3, 0.4) is 0 Å². The molecule has 2 aromatic heterocycles. The standard InChI is InChI=1S/C15H13Cl3N4OS/c1-15(2,7-16)12(23)19-13-20-14-22(21-13)11(6-24-14)9-5-8(17)3-4-10(9)18/h3-6H,7H2,1-2H3,(H,19,21,23). The molecule has 0 radical (unpaired) electrons. The molecule has 1 N–H and O–H groups in total. The molecule has 0 aliphatic carbocycles. The van der Waals surface area contributed by atoms with Crippen LogP contribution >= 0.6 is 46.1 Å². The number of nitrogens with zero attached hydrogens (tertiary/aromatic N) is 3. The quantitative estimate of drug-likeness (QED) is 0.626. The van der Waals surface area contributed by atoms with Crippen LogP contribution in [0.25, 0.3) is 16.2 Å². The molecule has 3 rings (SSSR count). The van der Waals surface area contributed by atoms with Crippen LogP contribution in [0.15, 0.2) is 23.6 Å². The maximum Gasteiger partial charge on any atom is 0.250 e. The lowest BCUT2D eigenvalue weighted by molar-refractivity contribution is -0.123. The molecule has 9 heteroatoms. The van der Waals surface area contributed by atoms with Gasteiger partial charge in [-0.15, -0.1) is 28.0 Å². The second-order valence-corrected chi connectivity index (χ2v) is 7.79. The number of hydrogen-bond donors (Lipinski definition) is 1. The van der Waals surface area contributed by atoms with E-state index in [4.69, 9.17) is 34.8 Å². The van der Waals surface area contributed by atoms with E-state index < -0.39 is 5.41 Å². The average Bonchev–Trinajstić information content (AvgIpc) is 3.09. The molecule has 0 atom stereocenters. The predicted octanol–water partition coefficient (Wildman–Crippen LogP) is 4.97. The molecule has 0 spiro atoms. The molecule has 1 aromatic carbocycles. The Morgan fingerprint density at radius 1 is 1.38 bits per heavy atom. The highest BCUT2D eigenvalue weighted by atomic mass is 35.5. The zero-order valence-corrected chi connectivity index (χ0v) is 15.9. The zero-order valence-electron chi connectivity index (χ0n) is 12.8. The van der Waals surface area contributed by atoms with Crippen LogP contribution in [-0.4, -0.2) is 26.4 Å². The summed E-state index contributed by atoms with van der Waals surface area (Å²) < 4.78 is 1.63. The van der Waals surface area contributed by atoms with E-state index in [-0.39, 0.29) is 17.7 Å². The summed E-state index contributed by atoms with van der Waals surface area (Å²) in [4.78, 5) is 17.2. The van der Waals surface area contributed by atoms with Crippen molar-refractivity contribution in [3.63, 3.8) is 0 Å². The van der Waals surface area contributed by atoms with Gasteiger partial charge in [-0.05, 0) is 32.0 Å². The minimum atomic E-state index is -0.709. The van der Waals surface area contributed by atoms with E-state index in [9.17, 15) is 4.79 Å². The smallest absolute Gasteiger partial charge is 0.250 e. The molecule has 0 aliphatic heterocycles. The van der Waals surface area contributed by atoms with Crippen LogP contribution < -0.4 is 5.32 Å². The van der Waals surface area contributed by atoms with Gasteiger partial charge in [0.25, 0.3) is 0 Å². The number of anilines is 1. The van der Waals surface area contributed by atoms with Gasteiger partial charge in [0, 0.05) is 21.8 Å². The van der Waals surface area contributed by atoms with Crippen molar-refractivity contribution in [3.05, 3.63) is 33.6 Å². The Morgan fingerprint density at radius 2 is 2.12 bits per heavy atom. The molecular weight excluding hydrogens is 391 g/mol. The number of nitrogens with one attached hydrogen (secondary N) is 1. The minimum absolute atomic E-state index is 0.199. The lowest BCUT2D eigenvalue weighted by Crippen LogP contribution is -2.32. The maximum absolute atomic E-state index is 12.2. The first-order valence-corrected chi connectivity index (χ1v) is 9.16. The van der Waals surface area contributed by atoms with Crippen LogP contribution in [0.4, 0.5) is 5.95 Å². The van der Waals surface area contributed by atoms with Gasteiger partial charge in [0.1, 0.15) is 0 Å². The fraction of sp³-hybridized carbons (Fsp3) is 0.267. The van der Waals surface area contributed by atoms with Crippen molar-refractivity contribution in [1.82, 2.24) is 14.6 Å². The van der Waals surface area contributed by atoms with Crippen LogP contribution in [0.2, 0.25) is 10.0 Å². The van der Waals surface area contributed by atoms with Crippen LogP contribution in [0, 0.1) is 5.41 Å². The van der Waals surface area contributed by atoms with Gasteiger partial charge in [0.15, 0.2) is 0 Å². The molecule has 0 fully saturated rings. The summed E-state index contributed by atoms with van der Waals surface area (Å²) in [7, 11) is 0. The number of alkyl halides is 1. The van der Waals surface area contributed by atoms with E-state index in [2.05, 4.69) is 15.4 Å². The number of amides is 1. The third-order valence-electron chi connectivity index (χ3n) is 3.46. The SMILES string of the molecule is CC(C)(CCl)C(=O)Nc1nc2scc(-c3cc(Cl)ccc3Cl)n2n1. The third-order valence-corrected chi connectivity index (χ3v) is 5.51. The van der Waals surface area contributed by atoms with Crippen LogP contribution in [0.5, 0.6) is 0 Å². The first-order valence-electron chi connectivity index (χ1n) is 6.99. The monoisotopic (exact) mass is 402 g/mol. The molecule has 3 aromatic rings. The Hall–Kier alpha value is -1.34. The number of fused-ring (bicyclic) bond motifs is 1.